The van der Waals surface area contributed by atoms with Crippen molar-refractivity contribution in [2.45, 2.75) is 46.6 Å². The van der Waals surface area contributed by atoms with Crippen LogP contribution in [0.25, 0.3) is 0 Å². The van der Waals surface area contributed by atoms with E-state index in [1.165, 1.54) is 5.56 Å². The highest BCUT2D eigenvalue weighted by atomic mass is 14.9. The zero-order chi connectivity index (χ0) is 15.1. The van der Waals surface area contributed by atoms with Gasteiger partial charge >= 0.3 is 0 Å². The van der Waals surface area contributed by atoms with E-state index in [9.17, 15) is 0 Å². The molecule has 1 aromatic carbocycles. The number of benzene rings is 1. The molecule has 1 rings (SSSR count). The fourth-order valence-corrected chi connectivity index (χ4v) is 2.98. The highest BCUT2D eigenvalue weighted by Crippen LogP contribution is 2.22. The molecule has 2 atom stereocenters. The fraction of sp³-hybridized carbons (Fsp3) is 0.667. The third-order valence-corrected chi connectivity index (χ3v) is 4.51. The SMILES string of the molecule is CC(C)C(CNC(CN)C(C)c1ccccc1)C(C)C. The molecule has 1 aromatic rings. The fourth-order valence-electron chi connectivity index (χ4n) is 2.98. The van der Waals surface area contributed by atoms with Gasteiger partial charge in [0, 0.05) is 12.6 Å². The third-order valence-electron chi connectivity index (χ3n) is 4.51. The highest BCUT2D eigenvalue weighted by Gasteiger charge is 2.21. The van der Waals surface area contributed by atoms with Crippen molar-refractivity contribution in [3.05, 3.63) is 35.9 Å². The monoisotopic (exact) mass is 276 g/mol. The first-order valence-electron chi connectivity index (χ1n) is 7.95. The van der Waals surface area contributed by atoms with Gasteiger partial charge in [-0.05, 0) is 35.8 Å². The molecule has 0 aliphatic rings. The topological polar surface area (TPSA) is 38.0 Å². The van der Waals surface area contributed by atoms with Crippen molar-refractivity contribution in [3.8, 4) is 0 Å². The van der Waals surface area contributed by atoms with Crippen LogP contribution in [0.1, 0.15) is 46.1 Å². The highest BCUT2D eigenvalue weighted by molar-refractivity contribution is 5.20. The molecule has 0 saturated heterocycles. The number of nitrogens with one attached hydrogen (secondary N) is 1. The summed E-state index contributed by atoms with van der Waals surface area (Å²) in [6.45, 7) is 13.2. The van der Waals surface area contributed by atoms with Crippen LogP contribution in [0.3, 0.4) is 0 Å². The van der Waals surface area contributed by atoms with Gasteiger partial charge < -0.3 is 11.1 Å². The van der Waals surface area contributed by atoms with E-state index >= 15 is 0 Å². The summed E-state index contributed by atoms with van der Waals surface area (Å²) in [5.41, 5.74) is 7.35. The Hall–Kier alpha value is -0.860. The van der Waals surface area contributed by atoms with Crippen LogP contribution in [-0.4, -0.2) is 19.1 Å². The average Bonchev–Trinajstić information content (AvgIpc) is 2.43. The molecule has 3 N–H and O–H groups in total. The summed E-state index contributed by atoms with van der Waals surface area (Å²) in [6.07, 6.45) is 0. The molecule has 0 radical (unpaired) electrons. The lowest BCUT2D eigenvalue weighted by Gasteiger charge is -2.30. The molecular weight excluding hydrogens is 244 g/mol. The predicted octanol–water partition coefficient (Wildman–Crippen LogP) is 3.64. The molecule has 0 heterocycles. The van der Waals surface area contributed by atoms with Crippen LogP contribution in [0.4, 0.5) is 0 Å². The molecule has 0 amide bonds. The lowest BCUT2D eigenvalue weighted by Crippen LogP contribution is -2.44. The summed E-state index contributed by atoms with van der Waals surface area (Å²) in [4.78, 5) is 0. The minimum atomic E-state index is 0.345. The molecule has 0 aromatic heterocycles. The van der Waals surface area contributed by atoms with E-state index in [0.717, 1.165) is 6.54 Å². The third kappa shape index (κ3) is 4.92. The molecule has 0 aliphatic carbocycles. The quantitative estimate of drug-likeness (QED) is 0.761. The zero-order valence-electron chi connectivity index (χ0n) is 13.8. The molecule has 0 fully saturated rings. The molecule has 2 heteroatoms. The van der Waals surface area contributed by atoms with E-state index in [1.807, 2.05) is 0 Å². The van der Waals surface area contributed by atoms with Gasteiger partial charge in [0.1, 0.15) is 0 Å². The van der Waals surface area contributed by atoms with Crippen LogP contribution in [0, 0.1) is 17.8 Å². The molecule has 20 heavy (non-hydrogen) atoms. The van der Waals surface area contributed by atoms with E-state index in [1.54, 1.807) is 0 Å². The minimum absolute atomic E-state index is 0.345. The Labute approximate surface area is 125 Å². The second kappa shape index (κ2) is 8.43. The van der Waals surface area contributed by atoms with Crippen LogP contribution >= 0.6 is 0 Å². The Balaban J connectivity index is 2.63. The summed E-state index contributed by atoms with van der Waals surface area (Å²) >= 11 is 0. The second-order valence-electron chi connectivity index (χ2n) is 6.60. The van der Waals surface area contributed by atoms with Gasteiger partial charge in [-0.25, -0.2) is 0 Å². The first kappa shape index (κ1) is 17.2. The standard InChI is InChI=1S/C18H32N2/c1-13(2)17(14(3)4)12-20-18(11-19)15(5)16-9-7-6-8-10-16/h6-10,13-15,17-18,20H,11-12,19H2,1-5H3. The van der Waals surface area contributed by atoms with E-state index in [0.29, 0.717) is 36.3 Å². The number of hydrogen-bond acceptors (Lipinski definition) is 2. The maximum Gasteiger partial charge on any atom is 0.0256 e. The van der Waals surface area contributed by atoms with Crippen molar-refractivity contribution < 1.29 is 0 Å². The Morgan fingerprint density at radius 3 is 1.95 bits per heavy atom. The van der Waals surface area contributed by atoms with E-state index in [4.69, 9.17) is 5.73 Å². The van der Waals surface area contributed by atoms with Crippen molar-refractivity contribution in [2.24, 2.45) is 23.5 Å². The molecular formula is C18H32N2. The largest absolute Gasteiger partial charge is 0.329 e. The smallest absolute Gasteiger partial charge is 0.0256 e. The lowest BCUT2D eigenvalue weighted by atomic mass is 9.84. The van der Waals surface area contributed by atoms with Crippen LogP contribution < -0.4 is 11.1 Å². The minimum Gasteiger partial charge on any atom is -0.329 e. The molecule has 2 unspecified atom stereocenters. The van der Waals surface area contributed by atoms with Gasteiger partial charge in [-0.1, -0.05) is 65.0 Å². The van der Waals surface area contributed by atoms with E-state index in [-0.39, 0.29) is 0 Å². The molecule has 114 valence electrons. The molecule has 2 nitrogen and oxygen atoms in total. The molecule has 0 spiro atoms. The van der Waals surface area contributed by atoms with Crippen LogP contribution in [0.5, 0.6) is 0 Å². The summed E-state index contributed by atoms with van der Waals surface area (Å²) in [6, 6.07) is 11.0. The summed E-state index contributed by atoms with van der Waals surface area (Å²) < 4.78 is 0. The normalized spacial score (nSPS) is 15.1. The number of hydrogen-bond donors (Lipinski definition) is 2. The van der Waals surface area contributed by atoms with Gasteiger partial charge in [0.05, 0.1) is 0 Å². The average molecular weight is 276 g/mol. The van der Waals surface area contributed by atoms with E-state index in [2.05, 4.69) is 70.3 Å². The van der Waals surface area contributed by atoms with Gasteiger partial charge in [0.15, 0.2) is 0 Å². The Morgan fingerprint density at radius 2 is 1.50 bits per heavy atom. The second-order valence-corrected chi connectivity index (χ2v) is 6.60. The van der Waals surface area contributed by atoms with Crippen molar-refractivity contribution in [3.63, 3.8) is 0 Å². The van der Waals surface area contributed by atoms with Crippen LogP contribution in [-0.2, 0) is 0 Å². The number of nitrogens with two attached hydrogens (primary N) is 1. The maximum absolute atomic E-state index is 5.99. The first-order valence-corrected chi connectivity index (χ1v) is 7.95. The lowest BCUT2D eigenvalue weighted by molar-refractivity contribution is 0.260. The maximum atomic E-state index is 5.99. The van der Waals surface area contributed by atoms with Crippen LogP contribution in [0.2, 0.25) is 0 Å². The van der Waals surface area contributed by atoms with Gasteiger partial charge in [-0.2, -0.15) is 0 Å². The van der Waals surface area contributed by atoms with Crippen LogP contribution in [0.15, 0.2) is 30.3 Å². The van der Waals surface area contributed by atoms with Gasteiger partial charge in [0.2, 0.25) is 0 Å². The van der Waals surface area contributed by atoms with Crippen molar-refractivity contribution in [2.75, 3.05) is 13.1 Å². The van der Waals surface area contributed by atoms with Gasteiger partial charge in [0.25, 0.3) is 0 Å². The zero-order valence-corrected chi connectivity index (χ0v) is 13.8. The van der Waals surface area contributed by atoms with Gasteiger partial charge in [-0.3, -0.25) is 0 Å². The van der Waals surface area contributed by atoms with Gasteiger partial charge in [-0.15, -0.1) is 0 Å². The molecule has 0 aliphatic heterocycles. The Kier molecular flexibility index (Phi) is 7.25. The summed E-state index contributed by atoms with van der Waals surface area (Å²) in [5.74, 6) is 2.55. The van der Waals surface area contributed by atoms with E-state index < -0.39 is 0 Å². The van der Waals surface area contributed by atoms with Crippen molar-refractivity contribution in [1.82, 2.24) is 5.32 Å². The van der Waals surface area contributed by atoms with Crippen molar-refractivity contribution >= 4 is 0 Å². The Morgan fingerprint density at radius 1 is 0.950 bits per heavy atom. The summed E-state index contributed by atoms with van der Waals surface area (Å²) in [5, 5.41) is 3.71. The molecule has 0 saturated carbocycles. The molecule has 0 bridgehead atoms. The Bertz CT molecular complexity index is 351. The number of rotatable bonds is 8. The predicted molar refractivity (Wildman–Crippen MR) is 88.9 cm³/mol. The first-order chi connectivity index (χ1) is 9.47. The summed E-state index contributed by atoms with van der Waals surface area (Å²) in [7, 11) is 0. The van der Waals surface area contributed by atoms with Crippen molar-refractivity contribution in [1.29, 1.82) is 0 Å².